The number of nitro groups is 1. The van der Waals surface area contributed by atoms with Crippen LogP contribution in [0.15, 0.2) is 18.2 Å². The van der Waals surface area contributed by atoms with Crippen LogP contribution in [0.5, 0.6) is 0 Å². The summed E-state index contributed by atoms with van der Waals surface area (Å²) in [7, 11) is 0. The molecule has 92 valence electrons. The van der Waals surface area contributed by atoms with Gasteiger partial charge >= 0.3 is 0 Å². The minimum atomic E-state index is -2.88. The first kappa shape index (κ1) is 12.8. The van der Waals surface area contributed by atoms with Gasteiger partial charge in [-0.05, 0) is 6.07 Å². The average molecular weight is 245 g/mol. The molecule has 0 saturated carbocycles. The molecule has 0 heterocycles. The molecule has 3 N–H and O–H groups in total. The molecule has 0 saturated heterocycles. The predicted molar refractivity (Wildman–Crippen MR) is 55.7 cm³/mol. The highest BCUT2D eigenvalue weighted by Gasteiger charge is 2.17. The number of anilines is 1. The summed E-state index contributed by atoms with van der Waals surface area (Å²) in [6, 6.07) is 2.94. The number of amides is 1. The van der Waals surface area contributed by atoms with Crippen molar-refractivity contribution in [2.45, 2.75) is 6.43 Å². The summed E-state index contributed by atoms with van der Waals surface area (Å²) in [5, 5.41) is 12.8. The van der Waals surface area contributed by atoms with E-state index in [9.17, 15) is 23.7 Å². The SMILES string of the molecule is NC(=O)CNc1ccc([N+](=O)[O-])cc1C(F)F. The second kappa shape index (κ2) is 5.19. The van der Waals surface area contributed by atoms with Gasteiger partial charge in [0.2, 0.25) is 5.91 Å². The number of benzene rings is 1. The summed E-state index contributed by atoms with van der Waals surface area (Å²) in [6.45, 7) is -0.322. The molecular weight excluding hydrogens is 236 g/mol. The maximum Gasteiger partial charge on any atom is 0.270 e. The zero-order valence-electron chi connectivity index (χ0n) is 8.52. The van der Waals surface area contributed by atoms with Crippen LogP contribution in [0, 0.1) is 10.1 Å². The third kappa shape index (κ3) is 3.37. The minimum Gasteiger partial charge on any atom is -0.376 e. The second-order valence-corrected chi connectivity index (χ2v) is 3.15. The van der Waals surface area contributed by atoms with Crippen LogP contribution in [-0.2, 0) is 4.79 Å². The fraction of sp³-hybridized carbons (Fsp3) is 0.222. The van der Waals surface area contributed by atoms with Crippen LogP contribution >= 0.6 is 0 Å². The first-order valence-corrected chi connectivity index (χ1v) is 4.50. The van der Waals surface area contributed by atoms with Crippen molar-refractivity contribution in [1.82, 2.24) is 0 Å². The van der Waals surface area contributed by atoms with Gasteiger partial charge in [0, 0.05) is 23.4 Å². The second-order valence-electron chi connectivity index (χ2n) is 3.15. The van der Waals surface area contributed by atoms with Gasteiger partial charge in [0.05, 0.1) is 11.5 Å². The molecule has 0 aliphatic carbocycles. The summed E-state index contributed by atoms with van der Waals surface area (Å²) in [4.78, 5) is 20.1. The number of carbonyl (C=O) groups excluding carboxylic acids is 1. The Hall–Kier alpha value is -2.25. The predicted octanol–water partition coefficient (Wildman–Crippen LogP) is 1.43. The quantitative estimate of drug-likeness (QED) is 0.605. The van der Waals surface area contributed by atoms with Crippen LogP contribution in [0.25, 0.3) is 0 Å². The molecule has 0 spiro atoms. The molecule has 0 unspecified atom stereocenters. The van der Waals surface area contributed by atoms with Gasteiger partial charge in [-0.3, -0.25) is 14.9 Å². The van der Waals surface area contributed by atoms with Gasteiger partial charge in [-0.25, -0.2) is 8.78 Å². The third-order valence-electron chi connectivity index (χ3n) is 1.93. The van der Waals surface area contributed by atoms with Gasteiger partial charge in [0.15, 0.2) is 0 Å². The molecule has 0 bridgehead atoms. The fourth-order valence-corrected chi connectivity index (χ4v) is 1.19. The smallest absolute Gasteiger partial charge is 0.270 e. The maximum atomic E-state index is 12.6. The molecule has 1 rings (SSSR count). The monoisotopic (exact) mass is 245 g/mol. The summed E-state index contributed by atoms with van der Waals surface area (Å²) in [6.07, 6.45) is -2.88. The number of alkyl halides is 2. The number of rotatable bonds is 5. The Bertz CT molecular complexity index is 451. The van der Waals surface area contributed by atoms with Gasteiger partial charge in [-0.1, -0.05) is 0 Å². The van der Waals surface area contributed by atoms with Crippen molar-refractivity contribution in [3.63, 3.8) is 0 Å². The van der Waals surface area contributed by atoms with Crippen LogP contribution in [0.3, 0.4) is 0 Å². The van der Waals surface area contributed by atoms with Crippen molar-refractivity contribution >= 4 is 17.3 Å². The summed E-state index contributed by atoms with van der Waals surface area (Å²) in [5.41, 5.74) is 3.81. The molecule has 8 heteroatoms. The number of nitrogens with two attached hydrogens (primary N) is 1. The molecule has 17 heavy (non-hydrogen) atoms. The van der Waals surface area contributed by atoms with Crippen LogP contribution in [-0.4, -0.2) is 17.4 Å². The van der Waals surface area contributed by atoms with Gasteiger partial charge in [0.1, 0.15) is 0 Å². The van der Waals surface area contributed by atoms with Crippen molar-refractivity contribution in [3.8, 4) is 0 Å². The molecular formula is C9H9F2N3O3. The van der Waals surface area contributed by atoms with Crippen LogP contribution in [0.4, 0.5) is 20.2 Å². The fourth-order valence-electron chi connectivity index (χ4n) is 1.19. The van der Waals surface area contributed by atoms with Crippen molar-refractivity contribution in [1.29, 1.82) is 0 Å². The van der Waals surface area contributed by atoms with E-state index in [0.717, 1.165) is 18.2 Å². The van der Waals surface area contributed by atoms with E-state index in [2.05, 4.69) is 5.32 Å². The Labute approximate surface area is 94.6 Å². The lowest BCUT2D eigenvalue weighted by Crippen LogP contribution is -2.22. The van der Waals surface area contributed by atoms with E-state index in [-0.39, 0.29) is 12.2 Å². The van der Waals surface area contributed by atoms with E-state index in [0.29, 0.717) is 0 Å². The summed E-state index contributed by atoms with van der Waals surface area (Å²) in [5.74, 6) is -0.719. The largest absolute Gasteiger partial charge is 0.376 e. The molecule has 0 aromatic heterocycles. The van der Waals surface area contributed by atoms with Crippen molar-refractivity contribution in [2.24, 2.45) is 5.73 Å². The number of nitrogens with zero attached hydrogens (tertiary/aromatic N) is 1. The Kier molecular flexibility index (Phi) is 3.91. The third-order valence-corrected chi connectivity index (χ3v) is 1.93. The van der Waals surface area contributed by atoms with E-state index in [4.69, 9.17) is 5.73 Å². The zero-order valence-corrected chi connectivity index (χ0v) is 8.52. The van der Waals surface area contributed by atoms with E-state index >= 15 is 0 Å². The number of hydrogen-bond donors (Lipinski definition) is 2. The van der Waals surface area contributed by atoms with Crippen molar-refractivity contribution in [2.75, 3.05) is 11.9 Å². The molecule has 6 nitrogen and oxygen atoms in total. The van der Waals surface area contributed by atoms with E-state index in [1.165, 1.54) is 0 Å². The van der Waals surface area contributed by atoms with E-state index in [1.54, 1.807) is 0 Å². The lowest BCUT2D eigenvalue weighted by atomic mass is 10.1. The molecule has 1 aromatic rings. The van der Waals surface area contributed by atoms with Crippen LogP contribution in [0.1, 0.15) is 12.0 Å². The number of primary amides is 1. The normalized spacial score (nSPS) is 10.3. The number of nitro benzene ring substituents is 1. The molecule has 0 atom stereocenters. The lowest BCUT2D eigenvalue weighted by Gasteiger charge is -2.09. The Morgan fingerprint density at radius 1 is 1.53 bits per heavy atom. The molecule has 0 fully saturated rings. The van der Waals surface area contributed by atoms with Gasteiger partial charge < -0.3 is 11.1 Å². The lowest BCUT2D eigenvalue weighted by molar-refractivity contribution is -0.385. The molecule has 0 radical (unpaired) electrons. The average Bonchev–Trinajstić information content (AvgIpc) is 2.25. The summed E-state index contributed by atoms with van der Waals surface area (Å²) >= 11 is 0. The van der Waals surface area contributed by atoms with Crippen LogP contribution in [0.2, 0.25) is 0 Å². The van der Waals surface area contributed by atoms with Gasteiger partial charge in [-0.15, -0.1) is 0 Å². The molecule has 1 amide bonds. The van der Waals surface area contributed by atoms with Crippen LogP contribution < -0.4 is 11.1 Å². The number of carbonyl (C=O) groups is 1. The van der Waals surface area contributed by atoms with Crippen molar-refractivity contribution in [3.05, 3.63) is 33.9 Å². The molecule has 1 aromatic carbocycles. The first-order valence-electron chi connectivity index (χ1n) is 4.50. The van der Waals surface area contributed by atoms with Gasteiger partial charge in [0.25, 0.3) is 12.1 Å². The summed E-state index contributed by atoms with van der Waals surface area (Å²) < 4.78 is 25.2. The molecule has 0 aliphatic rings. The van der Waals surface area contributed by atoms with Gasteiger partial charge in [-0.2, -0.15) is 0 Å². The van der Waals surface area contributed by atoms with E-state index in [1.807, 2.05) is 0 Å². The first-order chi connectivity index (χ1) is 7.91. The number of hydrogen-bond acceptors (Lipinski definition) is 4. The zero-order chi connectivity index (χ0) is 13.0. The highest BCUT2D eigenvalue weighted by Crippen LogP contribution is 2.30. The highest BCUT2D eigenvalue weighted by molar-refractivity contribution is 5.79. The highest BCUT2D eigenvalue weighted by atomic mass is 19.3. The Balaban J connectivity index is 3.04. The van der Waals surface area contributed by atoms with E-state index < -0.39 is 28.5 Å². The topological polar surface area (TPSA) is 98.3 Å². The van der Waals surface area contributed by atoms with Crippen molar-refractivity contribution < 1.29 is 18.5 Å². The number of non-ortho nitro benzene ring substituents is 1. The Morgan fingerprint density at radius 2 is 2.18 bits per heavy atom. The standard InChI is InChI=1S/C9H9F2N3O3/c10-9(11)6-3-5(14(16)17)1-2-7(6)13-4-8(12)15/h1-3,9,13H,4H2,(H2,12,15). The maximum absolute atomic E-state index is 12.6. The molecule has 0 aliphatic heterocycles. The number of halogens is 2. The Morgan fingerprint density at radius 3 is 2.65 bits per heavy atom. The number of nitrogens with one attached hydrogen (secondary N) is 1. The minimum absolute atomic E-state index is 0.0515.